The van der Waals surface area contributed by atoms with Gasteiger partial charge < -0.3 is 10.2 Å². The Morgan fingerprint density at radius 1 is 1.06 bits per heavy atom. The van der Waals surface area contributed by atoms with Crippen molar-refractivity contribution >= 4 is 23.2 Å². The van der Waals surface area contributed by atoms with Crippen molar-refractivity contribution in [1.29, 1.82) is 0 Å². The highest BCUT2D eigenvalue weighted by Gasteiger charge is 2.21. The molecule has 1 saturated heterocycles. The van der Waals surface area contributed by atoms with Crippen LogP contribution in [0.25, 0.3) is 0 Å². The lowest BCUT2D eigenvalue weighted by Crippen LogP contribution is -2.48. The van der Waals surface area contributed by atoms with Crippen LogP contribution in [-0.2, 0) is 6.54 Å². The fourth-order valence-electron chi connectivity index (χ4n) is 3.97. The minimum absolute atomic E-state index is 0.197. The highest BCUT2D eigenvalue weighted by Crippen LogP contribution is 2.21. The standard InChI is InChI=1S/C24H27ClFN5O/c1-18-22(23(25)31(28-18)17-19-5-3-2-4-6-19)24(32)27-11-12-29-13-15-30(16-14-29)21-9-7-20(26)8-10-21/h2-10H,11-17H2,1H3,(H,27,32). The first-order valence-corrected chi connectivity index (χ1v) is 11.2. The molecule has 3 aromatic rings. The fourth-order valence-corrected chi connectivity index (χ4v) is 4.29. The maximum Gasteiger partial charge on any atom is 0.256 e. The van der Waals surface area contributed by atoms with Gasteiger partial charge in [0.1, 0.15) is 11.0 Å². The zero-order valence-electron chi connectivity index (χ0n) is 18.1. The number of hydrogen-bond donors (Lipinski definition) is 1. The van der Waals surface area contributed by atoms with E-state index in [-0.39, 0.29) is 11.7 Å². The molecule has 0 aliphatic carbocycles. The summed E-state index contributed by atoms with van der Waals surface area (Å²) >= 11 is 6.49. The number of rotatable bonds is 7. The topological polar surface area (TPSA) is 53.4 Å². The Bertz CT molecular complexity index is 1050. The molecule has 2 heterocycles. The third-order valence-electron chi connectivity index (χ3n) is 5.75. The van der Waals surface area contributed by atoms with E-state index < -0.39 is 0 Å². The number of aryl methyl sites for hydroxylation is 1. The Hall–Kier alpha value is -2.90. The Kier molecular flexibility index (Phi) is 7.07. The van der Waals surface area contributed by atoms with Crippen LogP contribution in [0.2, 0.25) is 5.15 Å². The van der Waals surface area contributed by atoms with Crippen LogP contribution in [0.1, 0.15) is 21.6 Å². The molecule has 0 spiro atoms. The van der Waals surface area contributed by atoms with Gasteiger partial charge in [0, 0.05) is 45.0 Å². The number of anilines is 1. The monoisotopic (exact) mass is 455 g/mol. The molecule has 32 heavy (non-hydrogen) atoms. The number of benzene rings is 2. The van der Waals surface area contributed by atoms with Gasteiger partial charge in [-0.1, -0.05) is 41.9 Å². The molecule has 1 N–H and O–H groups in total. The molecule has 1 amide bonds. The molecule has 6 nitrogen and oxygen atoms in total. The predicted molar refractivity (Wildman–Crippen MR) is 125 cm³/mol. The SMILES string of the molecule is Cc1nn(Cc2ccccc2)c(Cl)c1C(=O)NCCN1CCN(c2ccc(F)cc2)CC1. The minimum atomic E-state index is -0.218. The molecule has 8 heteroatoms. The van der Waals surface area contributed by atoms with Gasteiger partial charge in [-0.05, 0) is 36.8 Å². The van der Waals surface area contributed by atoms with Gasteiger partial charge in [-0.3, -0.25) is 9.69 Å². The Morgan fingerprint density at radius 2 is 1.75 bits per heavy atom. The van der Waals surface area contributed by atoms with Gasteiger partial charge >= 0.3 is 0 Å². The van der Waals surface area contributed by atoms with Gasteiger partial charge in [-0.25, -0.2) is 9.07 Å². The summed E-state index contributed by atoms with van der Waals surface area (Å²) in [6, 6.07) is 16.5. The third kappa shape index (κ3) is 5.29. The highest BCUT2D eigenvalue weighted by molar-refractivity contribution is 6.33. The summed E-state index contributed by atoms with van der Waals surface area (Å²) in [5, 5.41) is 7.79. The van der Waals surface area contributed by atoms with Crippen molar-refractivity contribution < 1.29 is 9.18 Å². The second-order valence-electron chi connectivity index (χ2n) is 7.96. The number of nitrogens with one attached hydrogen (secondary N) is 1. The summed E-state index contributed by atoms with van der Waals surface area (Å²) in [5.74, 6) is -0.416. The van der Waals surface area contributed by atoms with E-state index in [1.165, 1.54) is 12.1 Å². The van der Waals surface area contributed by atoms with Crippen molar-refractivity contribution in [2.24, 2.45) is 0 Å². The van der Waals surface area contributed by atoms with Crippen LogP contribution >= 0.6 is 11.6 Å². The van der Waals surface area contributed by atoms with Crippen LogP contribution in [0.15, 0.2) is 54.6 Å². The first kappa shape index (κ1) is 22.3. The summed E-state index contributed by atoms with van der Waals surface area (Å²) in [7, 11) is 0. The molecule has 1 aliphatic rings. The summed E-state index contributed by atoms with van der Waals surface area (Å²) in [6.45, 7) is 7.15. The van der Waals surface area contributed by atoms with Crippen molar-refractivity contribution in [3.05, 3.63) is 82.4 Å². The van der Waals surface area contributed by atoms with E-state index in [0.717, 1.165) is 44.0 Å². The number of halogens is 2. The van der Waals surface area contributed by atoms with Crippen LogP contribution in [0.5, 0.6) is 0 Å². The van der Waals surface area contributed by atoms with E-state index in [1.807, 2.05) is 42.5 Å². The lowest BCUT2D eigenvalue weighted by atomic mass is 10.2. The van der Waals surface area contributed by atoms with Crippen molar-refractivity contribution in [2.45, 2.75) is 13.5 Å². The summed E-state index contributed by atoms with van der Waals surface area (Å²) in [6.07, 6.45) is 0. The molecule has 0 bridgehead atoms. The number of carbonyl (C=O) groups is 1. The van der Waals surface area contributed by atoms with Crippen molar-refractivity contribution in [3.63, 3.8) is 0 Å². The first-order chi connectivity index (χ1) is 15.5. The lowest BCUT2D eigenvalue weighted by Gasteiger charge is -2.36. The summed E-state index contributed by atoms with van der Waals surface area (Å²) < 4.78 is 14.8. The predicted octanol–water partition coefficient (Wildman–Crippen LogP) is 3.58. The molecule has 0 radical (unpaired) electrons. The van der Waals surface area contributed by atoms with E-state index in [2.05, 4.69) is 20.2 Å². The number of nitrogens with zero attached hydrogens (tertiary/aromatic N) is 4. The average molecular weight is 456 g/mol. The molecular formula is C24H27ClFN5O. The van der Waals surface area contributed by atoms with Gasteiger partial charge in [0.25, 0.3) is 5.91 Å². The molecule has 1 aliphatic heterocycles. The molecule has 1 fully saturated rings. The van der Waals surface area contributed by atoms with Crippen LogP contribution in [0.4, 0.5) is 10.1 Å². The first-order valence-electron chi connectivity index (χ1n) is 10.8. The van der Waals surface area contributed by atoms with Crippen molar-refractivity contribution in [3.8, 4) is 0 Å². The zero-order valence-corrected chi connectivity index (χ0v) is 18.9. The van der Waals surface area contributed by atoms with Gasteiger partial charge in [0.05, 0.1) is 17.8 Å². The quantitative estimate of drug-likeness (QED) is 0.591. The van der Waals surface area contributed by atoms with Crippen LogP contribution in [-0.4, -0.2) is 59.9 Å². The van der Waals surface area contributed by atoms with Gasteiger partial charge in [0.2, 0.25) is 0 Å². The Labute approximate surface area is 192 Å². The Morgan fingerprint density at radius 3 is 2.44 bits per heavy atom. The van der Waals surface area contributed by atoms with Crippen LogP contribution in [0.3, 0.4) is 0 Å². The number of amides is 1. The number of piperazine rings is 1. The minimum Gasteiger partial charge on any atom is -0.369 e. The molecule has 4 rings (SSSR count). The fraction of sp³-hybridized carbons (Fsp3) is 0.333. The molecule has 1 aromatic heterocycles. The number of aromatic nitrogens is 2. The van der Waals surface area contributed by atoms with Crippen LogP contribution in [0, 0.1) is 12.7 Å². The second kappa shape index (κ2) is 10.1. The molecule has 0 atom stereocenters. The third-order valence-corrected chi connectivity index (χ3v) is 6.13. The smallest absolute Gasteiger partial charge is 0.256 e. The largest absolute Gasteiger partial charge is 0.369 e. The summed E-state index contributed by atoms with van der Waals surface area (Å²) in [4.78, 5) is 17.3. The number of carbonyl (C=O) groups excluding carboxylic acids is 1. The summed E-state index contributed by atoms with van der Waals surface area (Å²) in [5.41, 5.74) is 3.17. The van der Waals surface area contributed by atoms with Gasteiger partial charge in [0.15, 0.2) is 0 Å². The molecule has 168 valence electrons. The Balaban J connectivity index is 1.26. The van der Waals surface area contributed by atoms with Gasteiger partial charge in [-0.2, -0.15) is 5.10 Å². The van der Waals surface area contributed by atoms with Crippen molar-refractivity contribution in [1.82, 2.24) is 20.0 Å². The normalized spacial score (nSPS) is 14.5. The number of hydrogen-bond acceptors (Lipinski definition) is 4. The second-order valence-corrected chi connectivity index (χ2v) is 8.31. The van der Waals surface area contributed by atoms with E-state index in [4.69, 9.17) is 11.6 Å². The highest BCUT2D eigenvalue weighted by atomic mass is 35.5. The maximum atomic E-state index is 13.1. The lowest BCUT2D eigenvalue weighted by molar-refractivity contribution is 0.0947. The molecule has 0 saturated carbocycles. The maximum absolute atomic E-state index is 13.1. The van der Waals surface area contributed by atoms with E-state index in [0.29, 0.717) is 29.5 Å². The van der Waals surface area contributed by atoms with E-state index in [1.54, 1.807) is 11.6 Å². The van der Waals surface area contributed by atoms with Crippen molar-refractivity contribution in [2.75, 3.05) is 44.2 Å². The molecular weight excluding hydrogens is 429 g/mol. The van der Waals surface area contributed by atoms with Crippen LogP contribution < -0.4 is 10.2 Å². The average Bonchev–Trinajstić information content (AvgIpc) is 3.08. The van der Waals surface area contributed by atoms with E-state index >= 15 is 0 Å². The zero-order chi connectivity index (χ0) is 22.5. The molecule has 0 unspecified atom stereocenters. The van der Waals surface area contributed by atoms with Gasteiger partial charge in [-0.15, -0.1) is 0 Å². The molecule has 2 aromatic carbocycles. The van der Waals surface area contributed by atoms with E-state index in [9.17, 15) is 9.18 Å².